The number of aliphatic hydroxyl groups excluding tert-OH is 1. The second-order valence-corrected chi connectivity index (χ2v) is 12.5. The summed E-state index contributed by atoms with van der Waals surface area (Å²) < 4.78 is 10.1. The van der Waals surface area contributed by atoms with Gasteiger partial charge in [-0.15, -0.1) is 11.8 Å². The van der Waals surface area contributed by atoms with E-state index in [0.717, 1.165) is 31.4 Å². The Morgan fingerprint density at radius 1 is 0.976 bits per heavy atom. The van der Waals surface area contributed by atoms with Crippen LogP contribution in [0.15, 0.2) is 48.5 Å². The summed E-state index contributed by atoms with van der Waals surface area (Å²) in [6, 6.07) is 13.7. The molecule has 3 aliphatic rings. The number of likely N-dealkylation sites (tertiary alicyclic amines) is 1. The molecule has 2 aromatic carbocycles. The Labute approximate surface area is 245 Å². The fourth-order valence-corrected chi connectivity index (χ4v) is 8.87. The summed E-state index contributed by atoms with van der Waals surface area (Å²) in [6.07, 6.45) is 4.66. The van der Waals surface area contributed by atoms with Crippen molar-refractivity contribution in [1.82, 2.24) is 4.90 Å². The molecule has 41 heavy (non-hydrogen) atoms. The largest absolute Gasteiger partial charge is 0.497 e. The van der Waals surface area contributed by atoms with Gasteiger partial charge in [0.2, 0.25) is 17.7 Å². The maximum Gasteiger partial charge on any atom is 0.248 e. The average Bonchev–Trinajstić information content (AvgIpc) is 3.62. The Morgan fingerprint density at radius 2 is 1.61 bits per heavy atom. The van der Waals surface area contributed by atoms with Crippen molar-refractivity contribution in [2.24, 2.45) is 11.8 Å². The number of rotatable bonds is 13. The van der Waals surface area contributed by atoms with Crippen molar-refractivity contribution in [2.75, 3.05) is 37.5 Å². The summed E-state index contributed by atoms with van der Waals surface area (Å²) in [5.41, 5.74) is 1.29. The maximum absolute atomic E-state index is 14.1. The number of fused-ring (bicyclic) bond motifs is 1. The lowest BCUT2D eigenvalue weighted by atomic mass is 9.70. The van der Waals surface area contributed by atoms with E-state index in [-0.39, 0.29) is 29.6 Å². The van der Waals surface area contributed by atoms with Crippen LogP contribution < -0.4 is 20.1 Å². The molecule has 3 fully saturated rings. The number of anilines is 2. The number of benzene rings is 2. The standard InChI is InChI=1S/C31H39N3O6S/c1-3-40-23-14-10-20(11-15-23)32-28(36)25-24-16-17-31(41-24)26(25)30(38)34(18-6-4-5-7-19-35)27(31)29(37)33-21-8-12-22(39-2)13-9-21/h8-15,24-27,35H,3-7,16-19H2,1-2H3,(H,32,36)(H,33,37)/t24-,25+,26-,27?,31?/m0/s1. The number of methoxy groups -OCH3 is 1. The van der Waals surface area contributed by atoms with Crippen LogP contribution in [-0.4, -0.2) is 70.6 Å². The molecule has 3 saturated heterocycles. The first-order valence-corrected chi connectivity index (χ1v) is 15.4. The summed E-state index contributed by atoms with van der Waals surface area (Å²) in [5.74, 6) is -0.155. The highest BCUT2D eigenvalue weighted by molar-refractivity contribution is 8.02. The lowest BCUT2D eigenvalue weighted by Crippen LogP contribution is -2.51. The number of unbranched alkanes of at least 4 members (excludes halogenated alkanes) is 3. The monoisotopic (exact) mass is 581 g/mol. The topological polar surface area (TPSA) is 117 Å². The van der Waals surface area contributed by atoms with Crippen LogP contribution in [0.25, 0.3) is 0 Å². The highest BCUT2D eigenvalue weighted by atomic mass is 32.2. The summed E-state index contributed by atoms with van der Waals surface area (Å²) >= 11 is 1.66. The zero-order valence-corrected chi connectivity index (χ0v) is 24.5. The van der Waals surface area contributed by atoms with E-state index >= 15 is 0 Å². The van der Waals surface area contributed by atoms with Gasteiger partial charge in [-0.3, -0.25) is 14.4 Å². The van der Waals surface area contributed by atoms with Gasteiger partial charge >= 0.3 is 0 Å². The smallest absolute Gasteiger partial charge is 0.248 e. The van der Waals surface area contributed by atoms with Crippen LogP contribution in [0.2, 0.25) is 0 Å². The van der Waals surface area contributed by atoms with E-state index in [1.807, 2.05) is 19.1 Å². The molecule has 3 N–H and O–H groups in total. The molecule has 3 amide bonds. The van der Waals surface area contributed by atoms with E-state index in [2.05, 4.69) is 10.6 Å². The second kappa shape index (κ2) is 12.7. The summed E-state index contributed by atoms with van der Waals surface area (Å²) in [7, 11) is 1.59. The number of nitrogens with one attached hydrogen (secondary N) is 2. The van der Waals surface area contributed by atoms with Crippen LogP contribution in [0.3, 0.4) is 0 Å². The normalized spacial score (nSPS) is 26.1. The van der Waals surface area contributed by atoms with Crippen LogP contribution in [0.1, 0.15) is 45.4 Å². The zero-order valence-electron chi connectivity index (χ0n) is 23.6. The first-order valence-electron chi connectivity index (χ1n) is 14.5. The van der Waals surface area contributed by atoms with Gasteiger partial charge in [-0.1, -0.05) is 12.8 Å². The molecule has 5 rings (SSSR count). The van der Waals surface area contributed by atoms with E-state index in [4.69, 9.17) is 14.6 Å². The number of hydrogen-bond donors (Lipinski definition) is 3. The van der Waals surface area contributed by atoms with Gasteiger partial charge in [-0.2, -0.15) is 0 Å². The maximum atomic E-state index is 14.1. The Kier molecular flexibility index (Phi) is 9.09. The van der Waals surface area contributed by atoms with Crippen molar-refractivity contribution >= 4 is 40.9 Å². The summed E-state index contributed by atoms with van der Waals surface area (Å²) in [5, 5.41) is 15.2. The predicted octanol–water partition coefficient (Wildman–Crippen LogP) is 4.32. The fourth-order valence-electron chi connectivity index (χ4n) is 6.65. The number of hydrogen-bond acceptors (Lipinski definition) is 7. The van der Waals surface area contributed by atoms with Crippen LogP contribution in [0.5, 0.6) is 11.5 Å². The van der Waals surface area contributed by atoms with Crippen molar-refractivity contribution in [3.8, 4) is 11.5 Å². The van der Waals surface area contributed by atoms with E-state index in [1.165, 1.54) is 0 Å². The molecule has 1 spiro atoms. The molecule has 5 atom stereocenters. The number of carbonyl (C=O) groups excluding carboxylic acids is 3. The highest BCUT2D eigenvalue weighted by Crippen LogP contribution is 2.66. The van der Waals surface area contributed by atoms with Gasteiger partial charge in [0.25, 0.3) is 0 Å². The molecular formula is C31H39N3O6S. The van der Waals surface area contributed by atoms with E-state index < -0.39 is 22.6 Å². The second-order valence-electron chi connectivity index (χ2n) is 10.9. The van der Waals surface area contributed by atoms with Gasteiger partial charge in [0.1, 0.15) is 17.5 Å². The van der Waals surface area contributed by atoms with Gasteiger partial charge < -0.3 is 30.1 Å². The van der Waals surface area contributed by atoms with E-state index in [9.17, 15) is 14.4 Å². The first kappa shape index (κ1) is 29.3. The van der Waals surface area contributed by atoms with Crippen molar-refractivity contribution in [3.63, 3.8) is 0 Å². The van der Waals surface area contributed by atoms with Gasteiger partial charge in [0.15, 0.2) is 0 Å². The molecule has 9 nitrogen and oxygen atoms in total. The average molecular weight is 582 g/mol. The van der Waals surface area contributed by atoms with Crippen LogP contribution in [0.4, 0.5) is 11.4 Å². The highest BCUT2D eigenvalue weighted by Gasteiger charge is 2.73. The number of carbonyl (C=O) groups is 3. The minimum Gasteiger partial charge on any atom is -0.497 e. The van der Waals surface area contributed by atoms with Gasteiger partial charge in [0.05, 0.1) is 30.3 Å². The number of aliphatic hydroxyl groups is 1. The number of thioether (sulfide) groups is 1. The van der Waals surface area contributed by atoms with Crippen molar-refractivity contribution in [1.29, 1.82) is 0 Å². The molecule has 10 heteroatoms. The van der Waals surface area contributed by atoms with Gasteiger partial charge in [0, 0.05) is 29.8 Å². The molecule has 0 aliphatic carbocycles. The SMILES string of the molecule is CCOc1ccc(NC(=O)[C@@H]2[C@@H]3CCC4(S3)C(C(=O)Nc3ccc(OC)cc3)N(CCCCCCO)C(=O)[C@H]24)cc1. The Hall–Kier alpha value is -3.24. The minimum atomic E-state index is -0.668. The van der Waals surface area contributed by atoms with Gasteiger partial charge in [-0.25, -0.2) is 0 Å². The van der Waals surface area contributed by atoms with Crippen molar-refractivity contribution in [3.05, 3.63) is 48.5 Å². The van der Waals surface area contributed by atoms with Crippen LogP contribution in [0, 0.1) is 11.8 Å². The van der Waals surface area contributed by atoms with Crippen molar-refractivity contribution < 1.29 is 29.0 Å². The van der Waals surface area contributed by atoms with E-state index in [1.54, 1.807) is 60.2 Å². The molecule has 2 bridgehead atoms. The zero-order chi connectivity index (χ0) is 29.0. The molecule has 2 aromatic rings. The molecular weight excluding hydrogens is 542 g/mol. The van der Waals surface area contributed by atoms with Crippen LogP contribution in [-0.2, 0) is 14.4 Å². The molecule has 0 saturated carbocycles. The van der Waals surface area contributed by atoms with Crippen LogP contribution >= 0.6 is 11.8 Å². The number of amides is 3. The molecule has 2 unspecified atom stereocenters. The van der Waals surface area contributed by atoms with E-state index in [0.29, 0.717) is 43.1 Å². The molecule has 0 aromatic heterocycles. The summed E-state index contributed by atoms with van der Waals surface area (Å²) in [4.78, 5) is 43.5. The molecule has 220 valence electrons. The third-order valence-electron chi connectivity index (χ3n) is 8.45. The lowest BCUT2D eigenvalue weighted by Gasteiger charge is -2.34. The first-order chi connectivity index (χ1) is 19.9. The quantitative estimate of drug-likeness (QED) is 0.302. The Morgan fingerprint density at radius 3 is 2.24 bits per heavy atom. The van der Waals surface area contributed by atoms with Crippen molar-refractivity contribution in [2.45, 2.75) is 61.5 Å². The summed E-state index contributed by atoms with van der Waals surface area (Å²) in [6.45, 7) is 3.06. The Bertz CT molecular complexity index is 1240. The fraction of sp³-hybridized carbons (Fsp3) is 0.516. The lowest BCUT2D eigenvalue weighted by molar-refractivity contribution is -0.138. The molecule has 0 radical (unpaired) electrons. The number of nitrogens with zero attached hydrogens (tertiary/aromatic N) is 1. The third-order valence-corrected chi connectivity index (χ3v) is 10.4. The molecule has 3 aliphatic heterocycles. The predicted molar refractivity (Wildman–Crippen MR) is 159 cm³/mol. The third kappa shape index (κ3) is 5.77. The number of ether oxygens (including phenoxy) is 2. The molecule has 3 heterocycles. The van der Waals surface area contributed by atoms with Gasteiger partial charge in [-0.05, 0) is 81.1 Å². The Balaban J connectivity index is 1.38. The minimum absolute atomic E-state index is 0.0189.